The molecule has 90 valence electrons. The number of carbonyl (C=O) groups is 2. The molecule has 0 aliphatic carbocycles. The number of hydrogen-bond acceptors (Lipinski definition) is 3. The van der Waals surface area contributed by atoms with Crippen molar-refractivity contribution in [3.63, 3.8) is 0 Å². The van der Waals surface area contributed by atoms with Gasteiger partial charge in [0, 0.05) is 6.07 Å². The first kappa shape index (κ1) is 11.7. The first-order valence-electron chi connectivity index (χ1n) is 4.73. The molecule has 1 aliphatic heterocycles. The number of hydrogen-bond donors (Lipinski definition) is 2. The molecule has 5 nitrogen and oxygen atoms in total. The lowest BCUT2D eigenvalue weighted by atomic mass is 10.2. The second-order valence-corrected chi connectivity index (χ2v) is 3.99. The van der Waals surface area contributed by atoms with Crippen LogP contribution in [0.1, 0.15) is 0 Å². The van der Waals surface area contributed by atoms with E-state index in [2.05, 4.69) is 5.32 Å². The normalized spacial score (nSPS) is 14.2. The number of rotatable bonds is 2. The van der Waals surface area contributed by atoms with Gasteiger partial charge < -0.3 is 15.3 Å². The van der Waals surface area contributed by atoms with E-state index in [0.29, 0.717) is 11.4 Å². The molecule has 2 rings (SSSR count). The monoisotopic (exact) mass is 258 g/mol. The number of nitrogens with one attached hydrogen (secondary N) is 1. The minimum absolute atomic E-state index is 0.124. The molecule has 0 aromatic heterocycles. The van der Waals surface area contributed by atoms with Crippen LogP contribution in [0.4, 0.5) is 15.8 Å². The Hall–Kier alpha value is -1.82. The van der Waals surface area contributed by atoms with Crippen molar-refractivity contribution in [2.45, 2.75) is 0 Å². The lowest BCUT2D eigenvalue weighted by Gasteiger charge is -2.29. The Morgan fingerprint density at radius 3 is 2.94 bits per heavy atom. The molecule has 7 heteroatoms. The minimum Gasteiger partial charge on any atom is -0.480 e. The van der Waals surface area contributed by atoms with Crippen LogP contribution in [-0.2, 0) is 9.59 Å². The largest absolute Gasteiger partial charge is 0.480 e. The van der Waals surface area contributed by atoms with Crippen molar-refractivity contribution in [2.75, 3.05) is 23.3 Å². The van der Waals surface area contributed by atoms with E-state index < -0.39 is 11.8 Å². The molecule has 1 aliphatic rings. The van der Waals surface area contributed by atoms with E-state index in [1.165, 1.54) is 11.0 Å². The van der Waals surface area contributed by atoms with E-state index in [1.807, 2.05) is 0 Å². The molecular weight excluding hydrogens is 251 g/mol. The van der Waals surface area contributed by atoms with Crippen LogP contribution in [-0.4, -0.2) is 30.1 Å². The highest BCUT2D eigenvalue weighted by atomic mass is 35.5. The van der Waals surface area contributed by atoms with Crippen molar-refractivity contribution < 1.29 is 19.1 Å². The number of aliphatic carboxylic acids is 1. The van der Waals surface area contributed by atoms with Gasteiger partial charge in [-0.25, -0.2) is 4.39 Å². The summed E-state index contributed by atoms with van der Waals surface area (Å²) in [7, 11) is 0. The maximum atomic E-state index is 13.3. The van der Waals surface area contributed by atoms with Crippen molar-refractivity contribution >= 4 is 34.9 Å². The van der Waals surface area contributed by atoms with E-state index in [-0.39, 0.29) is 24.0 Å². The fourth-order valence-corrected chi connectivity index (χ4v) is 1.81. The van der Waals surface area contributed by atoms with Crippen molar-refractivity contribution in [1.82, 2.24) is 0 Å². The summed E-state index contributed by atoms with van der Waals surface area (Å²) in [5.41, 5.74) is 0.628. The Balaban J connectivity index is 2.44. The van der Waals surface area contributed by atoms with Crippen molar-refractivity contribution in [3.05, 3.63) is 23.0 Å². The summed E-state index contributed by atoms with van der Waals surface area (Å²) >= 11 is 5.59. The molecule has 1 amide bonds. The van der Waals surface area contributed by atoms with E-state index in [4.69, 9.17) is 16.7 Å². The molecule has 0 spiro atoms. The molecule has 1 aromatic carbocycles. The van der Waals surface area contributed by atoms with Gasteiger partial charge in [0.2, 0.25) is 5.91 Å². The highest BCUT2D eigenvalue weighted by Gasteiger charge is 2.25. The van der Waals surface area contributed by atoms with Crippen LogP contribution in [0.25, 0.3) is 0 Å². The second-order valence-electron chi connectivity index (χ2n) is 3.58. The van der Waals surface area contributed by atoms with Crippen LogP contribution in [0.2, 0.25) is 5.02 Å². The number of halogens is 2. The van der Waals surface area contributed by atoms with Crippen LogP contribution in [0, 0.1) is 5.82 Å². The minimum atomic E-state index is -1.10. The molecule has 0 bridgehead atoms. The Kier molecular flexibility index (Phi) is 2.89. The van der Waals surface area contributed by atoms with E-state index >= 15 is 0 Å². The summed E-state index contributed by atoms with van der Waals surface area (Å²) in [6, 6.07) is 2.37. The van der Waals surface area contributed by atoms with Gasteiger partial charge in [-0.15, -0.1) is 0 Å². The van der Waals surface area contributed by atoms with Gasteiger partial charge in [-0.2, -0.15) is 0 Å². The SMILES string of the molecule is O=C(O)CN1CC(=O)Nc2cc(Cl)c(F)cc21. The number of carbonyl (C=O) groups excluding carboxylic acids is 1. The van der Waals surface area contributed by atoms with Gasteiger partial charge in [0.1, 0.15) is 12.4 Å². The Morgan fingerprint density at radius 1 is 1.59 bits per heavy atom. The van der Waals surface area contributed by atoms with Crippen molar-refractivity contribution in [1.29, 1.82) is 0 Å². The third-order valence-corrected chi connectivity index (χ3v) is 2.60. The van der Waals surface area contributed by atoms with Gasteiger partial charge >= 0.3 is 5.97 Å². The Labute approximate surface area is 101 Å². The van der Waals surface area contributed by atoms with Crippen LogP contribution in [0.5, 0.6) is 0 Å². The summed E-state index contributed by atoms with van der Waals surface area (Å²) in [4.78, 5) is 23.2. The fourth-order valence-electron chi connectivity index (χ4n) is 1.65. The molecular formula is C10H8ClFN2O3. The van der Waals surface area contributed by atoms with E-state index in [9.17, 15) is 14.0 Å². The molecule has 1 heterocycles. The summed E-state index contributed by atoms with van der Waals surface area (Å²) in [5.74, 6) is -2.11. The first-order chi connectivity index (χ1) is 7.97. The Morgan fingerprint density at radius 2 is 2.29 bits per heavy atom. The van der Waals surface area contributed by atoms with Crippen molar-refractivity contribution in [3.8, 4) is 0 Å². The highest BCUT2D eigenvalue weighted by molar-refractivity contribution is 6.31. The molecule has 2 N–H and O–H groups in total. The zero-order valence-electron chi connectivity index (χ0n) is 8.54. The molecule has 1 aromatic rings. The van der Waals surface area contributed by atoms with Gasteiger partial charge in [-0.05, 0) is 6.07 Å². The van der Waals surface area contributed by atoms with E-state index in [0.717, 1.165) is 6.07 Å². The molecule has 17 heavy (non-hydrogen) atoms. The summed E-state index contributed by atoms with van der Waals surface area (Å²) in [6.07, 6.45) is 0. The number of fused-ring (bicyclic) bond motifs is 1. The average molecular weight is 259 g/mol. The van der Waals surface area contributed by atoms with Crippen LogP contribution >= 0.6 is 11.6 Å². The molecule has 0 saturated carbocycles. The molecule has 0 fully saturated rings. The molecule has 0 atom stereocenters. The molecule has 0 radical (unpaired) electrons. The van der Waals surface area contributed by atoms with Gasteiger partial charge in [0.25, 0.3) is 0 Å². The molecule has 0 saturated heterocycles. The quantitative estimate of drug-likeness (QED) is 0.839. The third-order valence-electron chi connectivity index (χ3n) is 2.31. The maximum Gasteiger partial charge on any atom is 0.323 e. The van der Waals surface area contributed by atoms with Crippen LogP contribution in [0.15, 0.2) is 12.1 Å². The number of carboxylic acid groups (broad SMARTS) is 1. The fraction of sp³-hybridized carbons (Fsp3) is 0.200. The first-order valence-corrected chi connectivity index (χ1v) is 5.11. The average Bonchev–Trinajstić information content (AvgIpc) is 2.20. The zero-order valence-corrected chi connectivity index (χ0v) is 9.29. The smallest absolute Gasteiger partial charge is 0.323 e. The lowest BCUT2D eigenvalue weighted by Crippen LogP contribution is -2.41. The van der Waals surface area contributed by atoms with Gasteiger partial charge in [0.05, 0.1) is 22.9 Å². The number of anilines is 2. The van der Waals surface area contributed by atoms with Gasteiger partial charge in [0.15, 0.2) is 0 Å². The predicted octanol–water partition coefficient (Wildman–Crippen LogP) is 1.32. The third kappa shape index (κ3) is 2.31. The lowest BCUT2D eigenvalue weighted by molar-refractivity contribution is -0.135. The number of nitrogens with zero attached hydrogens (tertiary/aromatic N) is 1. The Bertz CT molecular complexity index is 507. The summed E-state index contributed by atoms with van der Waals surface area (Å²) < 4.78 is 13.3. The summed E-state index contributed by atoms with van der Waals surface area (Å²) in [6.45, 7) is -0.498. The zero-order chi connectivity index (χ0) is 12.6. The van der Waals surface area contributed by atoms with Gasteiger partial charge in [-0.3, -0.25) is 9.59 Å². The highest BCUT2D eigenvalue weighted by Crippen LogP contribution is 2.33. The van der Waals surface area contributed by atoms with E-state index in [1.54, 1.807) is 0 Å². The number of amides is 1. The second kappa shape index (κ2) is 4.21. The predicted molar refractivity (Wildman–Crippen MR) is 59.9 cm³/mol. The van der Waals surface area contributed by atoms with Gasteiger partial charge in [-0.1, -0.05) is 11.6 Å². The number of benzene rings is 1. The van der Waals surface area contributed by atoms with Crippen LogP contribution < -0.4 is 10.2 Å². The van der Waals surface area contributed by atoms with Crippen LogP contribution in [0.3, 0.4) is 0 Å². The maximum absolute atomic E-state index is 13.3. The van der Waals surface area contributed by atoms with Crippen molar-refractivity contribution in [2.24, 2.45) is 0 Å². The molecule has 0 unspecified atom stereocenters. The topological polar surface area (TPSA) is 69.6 Å². The standard InChI is InChI=1S/C10H8ClFN2O3/c11-5-1-7-8(2-6(5)12)14(4-10(16)17)3-9(15)13-7/h1-2H,3-4H2,(H,13,15)(H,16,17). The number of carboxylic acids is 1. The summed E-state index contributed by atoms with van der Waals surface area (Å²) in [5, 5.41) is 11.1.